The van der Waals surface area contributed by atoms with Crippen molar-refractivity contribution in [3.05, 3.63) is 47.2 Å². The summed E-state index contributed by atoms with van der Waals surface area (Å²) in [5.41, 5.74) is 1.95. The Balaban J connectivity index is 1.24. The molecule has 0 amide bonds. The molecule has 3 aromatic heterocycles. The zero-order valence-electron chi connectivity index (χ0n) is 15.0. The number of piperidine rings is 1. The molecule has 5 nitrogen and oxygen atoms in total. The van der Waals surface area contributed by atoms with E-state index in [0.717, 1.165) is 45.8 Å². The lowest BCUT2D eigenvalue weighted by Crippen LogP contribution is -2.34. The predicted molar refractivity (Wildman–Crippen MR) is 114 cm³/mol. The predicted octanol–water partition coefficient (Wildman–Crippen LogP) is 5.18. The first kappa shape index (κ1) is 18.4. The van der Waals surface area contributed by atoms with E-state index in [1.54, 1.807) is 0 Å². The van der Waals surface area contributed by atoms with Gasteiger partial charge in [0, 0.05) is 19.3 Å². The standard InChI is InChI=1S/C20H21BrN4OS/c1-2-14-3-6-18(22-13-14)25-10-7-15(8-11-25)9-12-26-20-23-16-4-5-17(21)24-19(16)27-20/h2-6,13,15H,1,7-12H2. The molecule has 1 aliphatic rings. The third kappa shape index (κ3) is 4.47. The van der Waals surface area contributed by atoms with Gasteiger partial charge in [0.15, 0.2) is 0 Å². The maximum atomic E-state index is 5.89. The van der Waals surface area contributed by atoms with Gasteiger partial charge in [-0.1, -0.05) is 24.0 Å². The third-order valence-corrected chi connectivity index (χ3v) is 6.22. The molecular formula is C20H21BrN4OS. The van der Waals surface area contributed by atoms with Gasteiger partial charge in [0.05, 0.1) is 6.61 Å². The second-order valence-corrected chi connectivity index (χ2v) is 8.41. The molecule has 0 bridgehead atoms. The number of anilines is 1. The molecule has 0 aliphatic carbocycles. The van der Waals surface area contributed by atoms with Crippen LogP contribution in [0.25, 0.3) is 16.4 Å². The molecule has 0 atom stereocenters. The van der Waals surface area contributed by atoms with Crippen molar-refractivity contribution < 1.29 is 4.74 Å². The minimum Gasteiger partial charge on any atom is -0.470 e. The summed E-state index contributed by atoms with van der Waals surface area (Å²) in [6.45, 7) is 6.57. The van der Waals surface area contributed by atoms with Gasteiger partial charge in [-0.15, -0.1) is 0 Å². The third-order valence-electron chi connectivity index (χ3n) is 4.90. The van der Waals surface area contributed by atoms with E-state index < -0.39 is 0 Å². The summed E-state index contributed by atoms with van der Waals surface area (Å²) in [7, 11) is 0. The molecule has 1 fully saturated rings. The van der Waals surface area contributed by atoms with Gasteiger partial charge in [0.1, 0.15) is 20.8 Å². The van der Waals surface area contributed by atoms with Gasteiger partial charge < -0.3 is 9.64 Å². The largest absolute Gasteiger partial charge is 0.470 e. The SMILES string of the molecule is C=Cc1ccc(N2CCC(CCOc3nc4ccc(Br)nc4s3)CC2)nc1. The number of hydrogen-bond donors (Lipinski definition) is 0. The topological polar surface area (TPSA) is 51.1 Å². The average Bonchev–Trinajstić information content (AvgIpc) is 3.10. The molecular weight excluding hydrogens is 424 g/mol. The van der Waals surface area contributed by atoms with Crippen LogP contribution < -0.4 is 9.64 Å². The molecule has 1 saturated heterocycles. The van der Waals surface area contributed by atoms with Crippen molar-refractivity contribution in [3.8, 4) is 5.19 Å². The number of rotatable bonds is 6. The summed E-state index contributed by atoms with van der Waals surface area (Å²) in [5, 5.41) is 0.708. The second kappa shape index (κ2) is 8.35. The number of pyridine rings is 2. The Bertz CT molecular complexity index is 919. The highest BCUT2D eigenvalue weighted by molar-refractivity contribution is 9.10. The van der Waals surface area contributed by atoms with Gasteiger partial charge in [-0.3, -0.25) is 0 Å². The molecule has 4 heterocycles. The molecule has 4 rings (SSSR count). The van der Waals surface area contributed by atoms with Crippen molar-refractivity contribution in [1.29, 1.82) is 0 Å². The molecule has 1 aliphatic heterocycles. The molecule has 0 spiro atoms. The fourth-order valence-corrected chi connectivity index (χ4v) is 4.55. The van der Waals surface area contributed by atoms with Crippen molar-refractivity contribution in [2.75, 3.05) is 24.6 Å². The van der Waals surface area contributed by atoms with Gasteiger partial charge in [0.2, 0.25) is 0 Å². The van der Waals surface area contributed by atoms with Gasteiger partial charge in [-0.2, -0.15) is 0 Å². The molecule has 3 aromatic rings. The van der Waals surface area contributed by atoms with Crippen LogP contribution in [0.1, 0.15) is 24.8 Å². The van der Waals surface area contributed by atoms with Crippen molar-refractivity contribution in [2.45, 2.75) is 19.3 Å². The van der Waals surface area contributed by atoms with Crippen molar-refractivity contribution >= 4 is 49.5 Å². The van der Waals surface area contributed by atoms with Crippen LogP contribution in [0.5, 0.6) is 5.19 Å². The maximum Gasteiger partial charge on any atom is 0.275 e. The number of ether oxygens (including phenoxy) is 1. The van der Waals surface area contributed by atoms with Gasteiger partial charge >= 0.3 is 0 Å². The summed E-state index contributed by atoms with van der Waals surface area (Å²) in [6.07, 6.45) is 7.10. The fraction of sp³-hybridized carbons (Fsp3) is 0.350. The highest BCUT2D eigenvalue weighted by Crippen LogP contribution is 2.29. The van der Waals surface area contributed by atoms with E-state index in [1.165, 1.54) is 24.2 Å². The van der Waals surface area contributed by atoms with Gasteiger partial charge in [-0.25, -0.2) is 15.0 Å². The summed E-state index contributed by atoms with van der Waals surface area (Å²) in [5.74, 6) is 1.75. The van der Waals surface area contributed by atoms with Crippen LogP contribution in [0.3, 0.4) is 0 Å². The minimum atomic E-state index is 0.690. The fourth-order valence-electron chi connectivity index (χ4n) is 3.31. The first-order chi connectivity index (χ1) is 13.2. The highest BCUT2D eigenvalue weighted by Gasteiger charge is 2.20. The number of fused-ring (bicyclic) bond motifs is 1. The highest BCUT2D eigenvalue weighted by atomic mass is 79.9. The smallest absolute Gasteiger partial charge is 0.275 e. The summed E-state index contributed by atoms with van der Waals surface area (Å²) in [4.78, 5) is 16.7. The second-order valence-electron chi connectivity index (χ2n) is 6.66. The lowest BCUT2D eigenvalue weighted by molar-refractivity contribution is 0.258. The first-order valence-corrected chi connectivity index (χ1v) is 10.7. The zero-order valence-corrected chi connectivity index (χ0v) is 17.4. The molecule has 0 aromatic carbocycles. The Morgan fingerprint density at radius 2 is 2.07 bits per heavy atom. The zero-order chi connectivity index (χ0) is 18.6. The number of thiazole rings is 1. The van der Waals surface area contributed by atoms with Crippen LogP contribution in [0.2, 0.25) is 0 Å². The number of halogens is 1. The van der Waals surface area contributed by atoms with Crippen molar-refractivity contribution in [2.24, 2.45) is 5.92 Å². The average molecular weight is 445 g/mol. The molecule has 0 N–H and O–H groups in total. The van der Waals surface area contributed by atoms with Crippen LogP contribution in [0.4, 0.5) is 5.82 Å². The van der Waals surface area contributed by atoms with E-state index in [0.29, 0.717) is 17.7 Å². The Morgan fingerprint density at radius 1 is 1.22 bits per heavy atom. The van der Waals surface area contributed by atoms with Crippen molar-refractivity contribution in [1.82, 2.24) is 15.0 Å². The Morgan fingerprint density at radius 3 is 2.81 bits per heavy atom. The van der Waals surface area contributed by atoms with E-state index in [4.69, 9.17) is 4.74 Å². The molecule has 0 unspecified atom stereocenters. The van der Waals surface area contributed by atoms with Crippen LogP contribution in [-0.2, 0) is 0 Å². The molecule has 7 heteroatoms. The van der Waals surface area contributed by atoms with Crippen LogP contribution in [-0.4, -0.2) is 34.6 Å². The first-order valence-electron chi connectivity index (χ1n) is 9.10. The molecule has 0 saturated carbocycles. The summed E-state index contributed by atoms with van der Waals surface area (Å²) in [6, 6.07) is 8.02. The number of aromatic nitrogens is 3. The van der Waals surface area contributed by atoms with Gasteiger partial charge in [0.25, 0.3) is 5.19 Å². The van der Waals surface area contributed by atoms with Crippen LogP contribution >= 0.6 is 27.3 Å². The Hall–Kier alpha value is -1.99. The van der Waals surface area contributed by atoms with E-state index in [9.17, 15) is 0 Å². The van der Waals surface area contributed by atoms with E-state index in [-0.39, 0.29) is 0 Å². The van der Waals surface area contributed by atoms with E-state index in [1.807, 2.05) is 24.4 Å². The quantitative estimate of drug-likeness (QED) is 0.490. The number of hydrogen-bond acceptors (Lipinski definition) is 6. The van der Waals surface area contributed by atoms with Crippen molar-refractivity contribution in [3.63, 3.8) is 0 Å². The number of nitrogens with zero attached hydrogens (tertiary/aromatic N) is 4. The van der Waals surface area contributed by atoms with Crippen LogP contribution in [0, 0.1) is 5.92 Å². The Kier molecular flexibility index (Phi) is 5.69. The lowest BCUT2D eigenvalue weighted by Gasteiger charge is -2.32. The van der Waals surface area contributed by atoms with E-state index >= 15 is 0 Å². The Labute approximate surface area is 171 Å². The van der Waals surface area contributed by atoms with Crippen LogP contribution in [0.15, 0.2) is 41.6 Å². The monoisotopic (exact) mass is 444 g/mol. The lowest BCUT2D eigenvalue weighted by atomic mass is 9.94. The van der Waals surface area contributed by atoms with E-state index in [2.05, 4.69) is 54.5 Å². The van der Waals surface area contributed by atoms with Gasteiger partial charge in [-0.05, 0) is 70.9 Å². The summed E-state index contributed by atoms with van der Waals surface area (Å²) >= 11 is 4.89. The maximum absolute atomic E-state index is 5.89. The molecule has 27 heavy (non-hydrogen) atoms. The minimum absolute atomic E-state index is 0.690. The normalized spacial score (nSPS) is 15.2. The summed E-state index contributed by atoms with van der Waals surface area (Å²) < 4.78 is 6.71. The molecule has 0 radical (unpaired) electrons. The molecule has 140 valence electrons.